The number of carbonyl (C=O) groups excluding carboxylic acids is 1. The van der Waals surface area contributed by atoms with E-state index in [1.54, 1.807) is 24.2 Å². The fraction of sp³-hybridized carbons (Fsp3) is 0.318. The molecule has 5 rings (SSSR count). The van der Waals surface area contributed by atoms with Crippen LogP contribution in [0.15, 0.2) is 24.4 Å². The van der Waals surface area contributed by atoms with Crippen molar-refractivity contribution < 1.29 is 22.7 Å². The topological polar surface area (TPSA) is 60.2 Å². The first-order valence-corrected chi connectivity index (χ1v) is 10.0. The van der Waals surface area contributed by atoms with Crippen LogP contribution in [-0.2, 0) is 26.4 Å². The number of benzene rings is 1. The largest absolute Gasteiger partial charge is 0.492 e. The molecule has 0 radical (unpaired) electrons. The van der Waals surface area contributed by atoms with Gasteiger partial charge in [-0.2, -0.15) is 5.10 Å². The molecule has 0 atom stereocenters. The number of ether oxygens (including phenoxy) is 1. The highest BCUT2D eigenvalue weighted by Gasteiger charge is 2.29. The van der Waals surface area contributed by atoms with Crippen LogP contribution in [0.25, 0.3) is 11.3 Å². The van der Waals surface area contributed by atoms with E-state index in [2.05, 4.69) is 10.1 Å². The lowest BCUT2D eigenvalue weighted by atomic mass is 9.99. The molecular weight excluding hydrogens is 409 g/mol. The van der Waals surface area contributed by atoms with Crippen LogP contribution < -0.4 is 4.74 Å². The van der Waals surface area contributed by atoms with Crippen molar-refractivity contribution in [3.63, 3.8) is 0 Å². The summed E-state index contributed by atoms with van der Waals surface area (Å²) in [4.78, 5) is 18.9. The normalized spacial score (nSPS) is 15.3. The summed E-state index contributed by atoms with van der Waals surface area (Å²) in [6, 6.07) is 3.71. The Kier molecular flexibility index (Phi) is 4.68. The number of aryl methyl sites for hydroxylation is 2. The van der Waals surface area contributed by atoms with Crippen molar-refractivity contribution in [1.29, 1.82) is 0 Å². The smallest absolute Gasteiger partial charge is 0.272 e. The number of hydrogen-bond donors (Lipinski definition) is 0. The van der Waals surface area contributed by atoms with Gasteiger partial charge in [0.2, 0.25) is 0 Å². The lowest BCUT2D eigenvalue weighted by Gasteiger charge is -2.27. The van der Waals surface area contributed by atoms with Gasteiger partial charge in [-0.3, -0.25) is 9.48 Å². The summed E-state index contributed by atoms with van der Waals surface area (Å²) in [5, 5.41) is 4.45. The fourth-order valence-corrected chi connectivity index (χ4v) is 4.28. The Labute approximate surface area is 176 Å². The van der Waals surface area contributed by atoms with E-state index in [0.717, 1.165) is 41.9 Å². The lowest BCUT2D eigenvalue weighted by Crippen LogP contribution is -2.36. The molecule has 0 saturated heterocycles. The first kappa shape index (κ1) is 19.6. The van der Waals surface area contributed by atoms with Gasteiger partial charge >= 0.3 is 0 Å². The Morgan fingerprint density at radius 1 is 1.13 bits per heavy atom. The van der Waals surface area contributed by atoms with Crippen LogP contribution in [0, 0.1) is 17.5 Å². The number of hydrogen-bond acceptors (Lipinski definition) is 4. The lowest BCUT2D eigenvalue weighted by molar-refractivity contribution is 0.0726. The van der Waals surface area contributed by atoms with E-state index >= 15 is 0 Å². The van der Waals surface area contributed by atoms with E-state index in [9.17, 15) is 18.0 Å². The third-order valence-electron chi connectivity index (χ3n) is 5.76. The zero-order valence-corrected chi connectivity index (χ0v) is 16.8. The van der Waals surface area contributed by atoms with Crippen LogP contribution in [0.5, 0.6) is 5.75 Å². The summed E-state index contributed by atoms with van der Waals surface area (Å²) in [6.07, 6.45) is 3.79. The van der Waals surface area contributed by atoms with Gasteiger partial charge in [0.25, 0.3) is 5.91 Å². The van der Waals surface area contributed by atoms with Gasteiger partial charge in [0.05, 0.1) is 30.7 Å². The molecule has 0 aliphatic carbocycles. The molecule has 0 unspecified atom stereocenters. The quantitative estimate of drug-likeness (QED) is 0.587. The number of carbonyl (C=O) groups is 1. The van der Waals surface area contributed by atoms with Crippen LogP contribution in [0.3, 0.4) is 0 Å². The molecule has 2 aliphatic rings. The first-order chi connectivity index (χ1) is 14.9. The van der Waals surface area contributed by atoms with Gasteiger partial charge in [-0.15, -0.1) is 0 Å². The maximum atomic E-state index is 13.8. The van der Waals surface area contributed by atoms with Crippen LogP contribution >= 0.6 is 0 Å². The van der Waals surface area contributed by atoms with Crippen LogP contribution in [0.2, 0.25) is 0 Å². The average Bonchev–Trinajstić information content (AvgIpc) is 3.11. The van der Waals surface area contributed by atoms with E-state index in [4.69, 9.17) is 4.74 Å². The standard InChI is InChI=1S/C22H19F3N4O2/c1-28-21(13-7-15(23)20(25)16(24)8-13)14-4-5-29(11-18(14)27-28)22(30)17-9-12-3-2-6-31-19(12)10-26-17/h7-10H,2-6,11H2,1H3. The van der Waals surface area contributed by atoms with Gasteiger partial charge in [0.1, 0.15) is 11.4 Å². The summed E-state index contributed by atoms with van der Waals surface area (Å²) in [5.74, 6) is -3.48. The SMILES string of the molecule is Cn1nc2c(c1-c1cc(F)c(F)c(F)c1)CCN(C(=O)c1cc3c(cn1)OCCC3)C2. The number of amides is 1. The molecule has 160 valence electrons. The molecule has 31 heavy (non-hydrogen) atoms. The van der Waals surface area contributed by atoms with E-state index < -0.39 is 17.5 Å². The molecule has 2 aromatic heterocycles. The zero-order valence-electron chi connectivity index (χ0n) is 16.8. The molecule has 0 saturated carbocycles. The minimum atomic E-state index is -1.50. The third kappa shape index (κ3) is 3.34. The number of aromatic nitrogens is 3. The van der Waals surface area contributed by atoms with Crippen molar-refractivity contribution in [2.24, 2.45) is 7.05 Å². The average molecular weight is 428 g/mol. The van der Waals surface area contributed by atoms with Crippen molar-refractivity contribution in [3.8, 4) is 17.0 Å². The monoisotopic (exact) mass is 428 g/mol. The molecular formula is C22H19F3N4O2. The molecule has 3 aromatic rings. The number of rotatable bonds is 2. The Balaban J connectivity index is 1.43. The summed E-state index contributed by atoms with van der Waals surface area (Å²) >= 11 is 0. The maximum absolute atomic E-state index is 13.8. The molecule has 1 aromatic carbocycles. The van der Waals surface area contributed by atoms with Crippen molar-refractivity contribution in [2.75, 3.05) is 13.2 Å². The van der Waals surface area contributed by atoms with E-state index in [1.165, 1.54) is 4.68 Å². The minimum absolute atomic E-state index is 0.204. The highest BCUT2D eigenvalue weighted by atomic mass is 19.2. The molecule has 9 heteroatoms. The molecule has 2 aliphatic heterocycles. The van der Waals surface area contributed by atoms with Crippen molar-refractivity contribution in [2.45, 2.75) is 25.8 Å². The second-order valence-corrected chi connectivity index (χ2v) is 7.76. The molecule has 0 spiro atoms. The van der Waals surface area contributed by atoms with Gasteiger partial charge in [0, 0.05) is 24.7 Å². The zero-order chi connectivity index (χ0) is 21.7. The van der Waals surface area contributed by atoms with E-state index in [1.807, 2.05) is 0 Å². The summed E-state index contributed by atoms with van der Waals surface area (Å²) < 4.78 is 48.0. The fourth-order valence-electron chi connectivity index (χ4n) is 4.28. The van der Waals surface area contributed by atoms with Gasteiger partial charge < -0.3 is 9.64 Å². The molecule has 1 amide bonds. The van der Waals surface area contributed by atoms with Crippen molar-refractivity contribution >= 4 is 5.91 Å². The molecule has 6 nitrogen and oxygen atoms in total. The number of nitrogens with zero attached hydrogens (tertiary/aromatic N) is 4. The molecule has 4 heterocycles. The predicted octanol–water partition coefficient (Wildman–Crippen LogP) is 3.42. The Bertz CT molecular complexity index is 1180. The Hall–Kier alpha value is -3.36. The Morgan fingerprint density at radius 3 is 2.68 bits per heavy atom. The van der Waals surface area contributed by atoms with Crippen molar-refractivity contribution in [3.05, 3.63) is 64.4 Å². The molecule has 0 fully saturated rings. The predicted molar refractivity (Wildman–Crippen MR) is 105 cm³/mol. The number of fused-ring (bicyclic) bond motifs is 2. The van der Waals surface area contributed by atoms with Gasteiger partial charge in [-0.25, -0.2) is 18.2 Å². The van der Waals surface area contributed by atoms with E-state index in [-0.39, 0.29) is 18.0 Å². The Morgan fingerprint density at radius 2 is 1.90 bits per heavy atom. The number of pyridine rings is 1. The van der Waals surface area contributed by atoms with E-state index in [0.29, 0.717) is 36.7 Å². The number of halogens is 3. The highest BCUT2D eigenvalue weighted by molar-refractivity contribution is 5.92. The van der Waals surface area contributed by atoms with Gasteiger partial charge in [-0.05, 0) is 43.0 Å². The minimum Gasteiger partial charge on any atom is -0.492 e. The van der Waals surface area contributed by atoms with Crippen molar-refractivity contribution in [1.82, 2.24) is 19.7 Å². The van der Waals surface area contributed by atoms with Crippen LogP contribution in [0.1, 0.15) is 33.7 Å². The summed E-state index contributed by atoms with van der Waals surface area (Å²) in [6.45, 7) is 1.32. The van der Waals surface area contributed by atoms with Crippen LogP contribution in [-0.4, -0.2) is 38.7 Å². The van der Waals surface area contributed by atoms with Gasteiger partial charge in [-0.1, -0.05) is 0 Å². The third-order valence-corrected chi connectivity index (χ3v) is 5.76. The first-order valence-electron chi connectivity index (χ1n) is 10.0. The summed E-state index contributed by atoms with van der Waals surface area (Å²) in [5.41, 5.74) is 3.49. The highest BCUT2D eigenvalue weighted by Crippen LogP contribution is 2.32. The second-order valence-electron chi connectivity index (χ2n) is 7.76. The maximum Gasteiger partial charge on any atom is 0.272 e. The van der Waals surface area contributed by atoms with Gasteiger partial charge in [0.15, 0.2) is 17.5 Å². The second kappa shape index (κ2) is 7.40. The molecule has 0 bridgehead atoms. The summed E-state index contributed by atoms with van der Waals surface area (Å²) in [7, 11) is 1.66. The van der Waals surface area contributed by atoms with Crippen LogP contribution in [0.4, 0.5) is 13.2 Å². The molecule has 0 N–H and O–H groups in total.